The molecule has 0 bridgehead atoms. The third-order valence-electron chi connectivity index (χ3n) is 6.79. The molecule has 2 aliphatic rings. The summed E-state index contributed by atoms with van der Waals surface area (Å²) in [5.74, 6) is -3.56. The summed E-state index contributed by atoms with van der Waals surface area (Å²) in [4.78, 5) is 14.5. The van der Waals surface area contributed by atoms with Gasteiger partial charge in [-0.25, -0.2) is 13.2 Å². The molecule has 8 heteroatoms. The van der Waals surface area contributed by atoms with Gasteiger partial charge in [0.05, 0.1) is 30.0 Å². The average Bonchev–Trinajstić information content (AvgIpc) is 2.71. The highest BCUT2D eigenvalue weighted by molar-refractivity contribution is 14.1. The highest BCUT2D eigenvalue weighted by Gasteiger charge is 2.55. The molecule has 1 saturated heterocycles. The molecule has 166 valence electrons. The van der Waals surface area contributed by atoms with Crippen molar-refractivity contribution >= 4 is 39.9 Å². The molecule has 2 N–H and O–H groups in total. The molecule has 1 amide bonds. The van der Waals surface area contributed by atoms with Crippen LogP contribution in [-0.2, 0) is 0 Å². The molecule has 31 heavy (non-hydrogen) atoms. The number of hydrogen-bond acceptors (Lipinski definition) is 3. The Morgan fingerprint density at radius 1 is 1.06 bits per heavy atom. The molecule has 0 aromatic heterocycles. The van der Waals surface area contributed by atoms with E-state index in [-0.39, 0.29) is 29.8 Å². The number of amides is 1. The third-order valence-corrected chi connectivity index (χ3v) is 7.46. The Bertz CT molecular complexity index is 1020. The molecule has 0 atom stereocenters. The summed E-state index contributed by atoms with van der Waals surface area (Å²) in [6.45, 7) is 2.33. The number of rotatable bonds is 4. The van der Waals surface area contributed by atoms with Gasteiger partial charge < -0.3 is 15.3 Å². The van der Waals surface area contributed by atoms with E-state index in [1.807, 2.05) is 22.6 Å². The van der Waals surface area contributed by atoms with Gasteiger partial charge in [-0.1, -0.05) is 26.2 Å². The molecule has 0 radical (unpaired) electrons. The maximum atomic E-state index is 14.6. The van der Waals surface area contributed by atoms with Gasteiger partial charge in [-0.05, 0) is 71.2 Å². The second-order valence-electron chi connectivity index (χ2n) is 8.85. The lowest BCUT2D eigenvalue weighted by Gasteiger charge is -2.57. The molecule has 1 aliphatic heterocycles. The van der Waals surface area contributed by atoms with Crippen LogP contribution in [0.3, 0.4) is 0 Å². The van der Waals surface area contributed by atoms with Gasteiger partial charge in [0.1, 0.15) is 11.4 Å². The molecule has 1 heterocycles. The number of halogens is 4. The second-order valence-corrected chi connectivity index (χ2v) is 10.1. The summed E-state index contributed by atoms with van der Waals surface area (Å²) < 4.78 is 43.5. The molecule has 1 aliphatic carbocycles. The first-order valence-corrected chi connectivity index (χ1v) is 11.4. The maximum absolute atomic E-state index is 14.6. The Balaban J connectivity index is 1.58. The molecule has 4 rings (SSSR count). The first kappa shape index (κ1) is 22.4. The van der Waals surface area contributed by atoms with Crippen molar-refractivity contribution in [2.24, 2.45) is 5.41 Å². The zero-order valence-electron chi connectivity index (χ0n) is 17.2. The lowest BCUT2D eigenvalue weighted by molar-refractivity contribution is -0.170. The van der Waals surface area contributed by atoms with Crippen LogP contribution in [-0.4, -0.2) is 34.6 Å². The van der Waals surface area contributed by atoms with E-state index in [2.05, 4.69) is 12.2 Å². The van der Waals surface area contributed by atoms with Crippen molar-refractivity contribution < 1.29 is 23.1 Å². The predicted octanol–water partition coefficient (Wildman–Crippen LogP) is 5.61. The Morgan fingerprint density at radius 2 is 1.74 bits per heavy atom. The molecule has 0 unspecified atom stereocenters. The Labute approximate surface area is 193 Å². The molecule has 4 nitrogen and oxygen atoms in total. The van der Waals surface area contributed by atoms with E-state index < -0.39 is 34.6 Å². The number of hydrogen-bond donors (Lipinski definition) is 2. The highest BCUT2D eigenvalue weighted by atomic mass is 127. The molecule has 1 saturated carbocycles. The fraction of sp³-hybridized carbons (Fsp3) is 0.435. The number of β-amino-alcohol motifs (C(OH)–C–C–N with tert-alkyl or cyclic N) is 1. The number of nitrogens with zero attached hydrogens (tertiary/aromatic N) is 1. The van der Waals surface area contributed by atoms with E-state index in [0.717, 1.165) is 38.2 Å². The number of nitrogens with one attached hydrogen (secondary N) is 1. The molecule has 0 spiro atoms. The van der Waals surface area contributed by atoms with Crippen LogP contribution in [0.15, 0.2) is 30.3 Å². The molecule has 2 aromatic carbocycles. The summed E-state index contributed by atoms with van der Waals surface area (Å²) in [5, 5.41) is 13.7. The van der Waals surface area contributed by atoms with Gasteiger partial charge in [-0.15, -0.1) is 0 Å². The topological polar surface area (TPSA) is 52.6 Å². The SMILES string of the molecule is CC1(C2(O)CN(C(=O)c3ccc(F)c(F)c3Nc3ccc(I)cc3F)C2)CCCCC1. The number of anilines is 2. The summed E-state index contributed by atoms with van der Waals surface area (Å²) >= 11 is 1.94. The van der Waals surface area contributed by atoms with Crippen LogP contribution in [0.5, 0.6) is 0 Å². The van der Waals surface area contributed by atoms with E-state index in [1.54, 1.807) is 6.07 Å². The third kappa shape index (κ3) is 4.04. The minimum absolute atomic E-state index is 0.0613. The summed E-state index contributed by atoms with van der Waals surface area (Å²) in [6, 6.07) is 6.34. The van der Waals surface area contributed by atoms with E-state index >= 15 is 0 Å². The van der Waals surface area contributed by atoms with Crippen molar-refractivity contribution in [1.82, 2.24) is 4.90 Å². The molecule has 2 fully saturated rings. The fourth-order valence-electron chi connectivity index (χ4n) is 4.65. The largest absolute Gasteiger partial charge is 0.386 e. The van der Waals surface area contributed by atoms with Crippen LogP contribution in [0.4, 0.5) is 24.5 Å². The second kappa shape index (κ2) is 8.27. The van der Waals surface area contributed by atoms with E-state index in [0.29, 0.717) is 3.57 Å². The van der Waals surface area contributed by atoms with Gasteiger partial charge in [-0.3, -0.25) is 4.79 Å². The Morgan fingerprint density at radius 3 is 2.39 bits per heavy atom. The van der Waals surface area contributed by atoms with Crippen LogP contribution in [0, 0.1) is 26.4 Å². The summed E-state index contributed by atoms with van der Waals surface area (Å²) in [5.41, 5.74) is -1.83. The van der Waals surface area contributed by atoms with Gasteiger partial charge in [0.25, 0.3) is 5.91 Å². The fourth-order valence-corrected chi connectivity index (χ4v) is 5.11. The van der Waals surface area contributed by atoms with Gasteiger partial charge in [-0.2, -0.15) is 0 Å². The summed E-state index contributed by atoms with van der Waals surface area (Å²) in [7, 11) is 0. The quantitative estimate of drug-likeness (QED) is 0.493. The lowest BCUT2D eigenvalue weighted by atomic mass is 9.61. The first-order chi connectivity index (χ1) is 14.6. The van der Waals surface area contributed by atoms with Gasteiger partial charge in [0, 0.05) is 3.57 Å². The average molecular weight is 544 g/mol. The van der Waals surface area contributed by atoms with E-state index in [9.17, 15) is 23.1 Å². The standard InChI is InChI=1S/C23H24F3IN2O2/c1-22(9-3-2-4-10-22)23(31)12-29(13-23)21(30)15-6-7-16(24)19(26)20(15)28-18-8-5-14(27)11-17(18)25/h5-8,11,28,31H,2-4,9-10,12-13H2,1H3. The monoisotopic (exact) mass is 544 g/mol. The van der Waals surface area contributed by atoms with Crippen molar-refractivity contribution in [1.29, 1.82) is 0 Å². The van der Waals surface area contributed by atoms with Crippen LogP contribution in [0.2, 0.25) is 0 Å². The minimum atomic E-state index is -1.25. The maximum Gasteiger partial charge on any atom is 0.256 e. The summed E-state index contributed by atoms with van der Waals surface area (Å²) in [6.07, 6.45) is 5.04. The van der Waals surface area contributed by atoms with Crippen molar-refractivity contribution in [3.8, 4) is 0 Å². The molecular weight excluding hydrogens is 520 g/mol. The minimum Gasteiger partial charge on any atom is -0.386 e. The highest BCUT2D eigenvalue weighted by Crippen LogP contribution is 2.49. The smallest absolute Gasteiger partial charge is 0.256 e. The number of aliphatic hydroxyl groups is 1. The molecule has 2 aromatic rings. The number of likely N-dealkylation sites (tertiary alicyclic amines) is 1. The number of carbonyl (C=O) groups excluding carboxylic acids is 1. The van der Waals surface area contributed by atoms with Crippen molar-refractivity contribution in [3.63, 3.8) is 0 Å². The van der Waals surface area contributed by atoms with Gasteiger partial charge in [0.15, 0.2) is 11.6 Å². The zero-order chi connectivity index (χ0) is 22.4. The van der Waals surface area contributed by atoms with Crippen LogP contribution < -0.4 is 5.32 Å². The lowest BCUT2D eigenvalue weighted by Crippen LogP contribution is -2.70. The Hall–Kier alpha value is -1.81. The van der Waals surface area contributed by atoms with E-state index in [4.69, 9.17) is 0 Å². The Kier molecular flexibility index (Phi) is 5.97. The van der Waals surface area contributed by atoms with Crippen molar-refractivity contribution in [2.45, 2.75) is 44.6 Å². The van der Waals surface area contributed by atoms with Crippen LogP contribution >= 0.6 is 22.6 Å². The predicted molar refractivity (Wildman–Crippen MR) is 121 cm³/mol. The van der Waals surface area contributed by atoms with Crippen LogP contribution in [0.25, 0.3) is 0 Å². The van der Waals surface area contributed by atoms with Crippen molar-refractivity contribution in [2.75, 3.05) is 18.4 Å². The van der Waals surface area contributed by atoms with Crippen LogP contribution in [0.1, 0.15) is 49.4 Å². The zero-order valence-corrected chi connectivity index (χ0v) is 19.3. The molecular formula is C23H24F3IN2O2. The van der Waals surface area contributed by atoms with Crippen molar-refractivity contribution in [3.05, 3.63) is 56.9 Å². The number of benzene rings is 2. The number of carbonyl (C=O) groups is 1. The van der Waals surface area contributed by atoms with Gasteiger partial charge >= 0.3 is 0 Å². The first-order valence-electron chi connectivity index (χ1n) is 10.4. The van der Waals surface area contributed by atoms with Gasteiger partial charge in [0.2, 0.25) is 0 Å². The normalized spacial score (nSPS) is 19.6. The van der Waals surface area contributed by atoms with E-state index in [1.165, 1.54) is 23.1 Å².